The minimum atomic E-state index is -0.489. The van der Waals surface area contributed by atoms with Crippen molar-refractivity contribution in [2.24, 2.45) is 0 Å². The van der Waals surface area contributed by atoms with Crippen LogP contribution in [0.15, 0.2) is 30.3 Å². The summed E-state index contributed by atoms with van der Waals surface area (Å²) in [4.78, 5) is 13.6. The molecule has 5 heteroatoms. The van der Waals surface area contributed by atoms with Crippen molar-refractivity contribution in [3.8, 4) is 0 Å². The van der Waals surface area contributed by atoms with Gasteiger partial charge in [0.05, 0.1) is 31.9 Å². The summed E-state index contributed by atoms with van der Waals surface area (Å²) in [6.07, 6.45) is 0.371. The van der Waals surface area contributed by atoms with Crippen molar-refractivity contribution in [1.82, 2.24) is 4.90 Å². The molecule has 1 aliphatic heterocycles. The highest BCUT2D eigenvalue weighted by Gasteiger charge is 2.35. The fourth-order valence-corrected chi connectivity index (χ4v) is 2.45. The van der Waals surface area contributed by atoms with Crippen molar-refractivity contribution in [3.63, 3.8) is 0 Å². The molecule has 2 atom stereocenters. The molecule has 0 radical (unpaired) electrons. The molecule has 1 saturated heterocycles. The van der Waals surface area contributed by atoms with E-state index in [0.29, 0.717) is 32.6 Å². The average molecular weight is 279 g/mol. The second kappa shape index (κ2) is 7.26. The number of aliphatic hydroxyl groups is 1. The standard InChI is InChI=1S/C15H21NO4/c1-19-11-13-9-14(17)10-16(13)15(18)20-8-7-12-5-3-2-4-6-12/h2-6,13-14,17H,7-11H2,1H3. The van der Waals surface area contributed by atoms with E-state index < -0.39 is 6.10 Å². The van der Waals surface area contributed by atoms with E-state index in [0.717, 1.165) is 5.56 Å². The third kappa shape index (κ3) is 3.95. The van der Waals surface area contributed by atoms with Gasteiger partial charge in [0.1, 0.15) is 0 Å². The summed E-state index contributed by atoms with van der Waals surface area (Å²) in [6, 6.07) is 9.78. The topological polar surface area (TPSA) is 59.0 Å². The third-order valence-corrected chi connectivity index (χ3v) is 3.45. The normalized spacial score (nSPS) is 22.0. The predicted octanol–water partition coefficient (Wildman–Crippen LogP) is 1.45. The van der Waals surface area contributed by atoms with Gasteiger partial charge in [-0.1, -0.05) is 30.3 Å². The van der Waals surface area contributed by atoms with Crippen LogP contribution in [-0.2, 0) is 15.9 Å². The summed E-state index contributed by atoms with van der Waals surface area (Å²) < 4.78 is 10.3. The Hall–Kier alpha value is -1.59. The molecule has 1 fully saturated rings. The molecule has 2 rings (SSSR count). The molecule has 0 aliphatic carbocycles. The van der Waals surface area contributed by atoms with Gasteiger partial charge in [-0.25, -0.2) is 4.79 Å². The molecular weight excluding hydrogens is 258 g/mol. The van der Waals surface area contributed by atoms with Gasteiger partial charge in [-0.2, -0.15) is 0 Å². The molecule has 0 aromatic heterocycles. The Labute approximate surface area is 119 Å². The molecule has 20 heavy (non-hydrogen) atoms. The van der Waals surface area contributed by atoms with Gasteiger partial charge in [0.2, 0.25) is 0 Å². The zero-order valence-electron chi connectivity index (χ0n) is 11.7. The van der Waals surface area contributed by atoms with E-state index in [1.165, 1.54) is 0 Å². The van der Waals surface area contributed by atoms with Crippen LogP contribution in [0.25, 0.3) is 0 Å². The van der Waals surface area contributed by atoms with Crippen molar-refractivity contribution in [2.75, 3.05) is 26.9 Å². The summed E-state index contributed by atoms with van der Waals surface area (Å²) in [7, 11) is 1.59. The zero-order chi connectivity index (χ0) is 14.4. The molecule has 1 aliphatic rings. The Kier molecular flexibility index (Phi) is 5.38. The number of nitrogens with zero attached hydrogens (tertiary/aromatic N) is 1. The highest BCUT2D eigenvalue weighted by molar-refractivity contribution is 5.68. The first-order valence-electron chi connectivity index (χ1n) is 6.85. The molecule has 2 unspecified atom stereocenters. The Balaban J connectivity index is 1.79. The molecule has 1 N–H and O–H groups in total. The van der Waals surface area contributed by atoms with Gasteiger partial charge in [-0.05, 0) is 12.0 Å². The number of aliphatic hydroxyl groups excluding tert-OH is 1. The van der Waals surface area contributed by atoms with Crippen LogP contribution in [0.5, 0.6) is 0 Å². The van der Waals surface area contributed by atoms with Crippen LogP contribution in [-0.4, -0.2) is 55.1 Å². The lowest BCUT2D eigenvalue weighted by atomic mass is 10.2. The van der Waals surface area contributed by atoms with Gasteiger partial charge in [0.25, 0.3) is 0 Å². The highest BCUT2D eigenvalue weighted by Crippen LogP contribution is 2.19. The lowest BCUT2D eigenvalue weighted by Crippen LogP contribution is -2.39. The van der Waals surface area contributed by atoms with E-state index in [2.05, 4.69) is 0 Å². The van der Waals surface area contributed by atoms with E-state index in [4.69, 9.17) is 9.47 Å². The summed E-state index contributed by atoms with van der Waals surface area (Å²) in [5.41, 5.74) is 1.13. The van der Waals surface area contributed by atoms with Gasteiger partial charge in [-0.3, -0.25) is 0 Å². The number of methoxy groups -OCH3 is 1. The number of benzene rings is 1. The number of hydrogen-bond acceptors (Lipinski definition) is 4. The van der Waals surface area contributed by atoms with Crippen LogP contribution in [0.3, 0.4) is 0 Å². The minimum Gasteiger partial charge on any atom is -0.449 e. The van der Waals surface area contributed by atoms with Crippen molar-refractivity contribution < 1.29 is 19.4 Å². The maximum atomic E-state index is 12.0. The van der Waals surface area contributed by atoms with Crippen molar-refractivity contribution in [3.05, 3.63) is 35.9 Å². The second-order valence-electron chi connectivity index (χ2n) is 5.00. The largest absolute Gasteiger partial charge is 0.449 e. The third-order valence-electron chi connectivity index (χ3n) is 3.45. The number of amides is 1. The molecule has 0 saturated carbocycles. The van der Waals surface area contributed by atoms with Crippen molar-refractivity contribution in [1.29, 1.82) is 0 Å². The first-order chi connectivity index (χ1) is 9.70. The minimum absolute atomic E-state index is 0.0979. The monoisotopic (exact) mass is 279 g/mol. The number of rotatable bonds is 5. The first-order valence-corrected chi connectivity index (χ1v) is 6.85. The smallest absolute Gasteiger partial charge is 0.410 e. The fourth-order valence-electron chi connectivity index (χ4n) is 2.45. The van der Waals surface area contributed by atoms with Gasteiger partial charge in [0.15, 0.2) is 0 Å². The summed E-state index contributed by atoms with van der Waals surface area (Å²) in [5.74, 6) is 0. The number of ether oxygens (including phenoxy) is 2. The Morgan fingerprint density at radius 2 is 2.15 bits per heavy atom. The van der Waals surface area contributed by atoms with E-state index in [1.54, 1.807) is 12.0 Å². The molecular formula is C15H21NO4. The average Bonchev–Trinajstić information content (AvgIpc) is 2.81. The second-order valence-corrected chi connectivity index (χ2v) is 5.00. The van der Waals surface area contributed by atoms with Crippen LogP contribution >= 0.6 is 0 Å². The van der Waals surface area contributed by atoms with Crippen molar-refractivity contribution >= 4 is 6.09 Å². The number of carbonyl (C=O) groups excluding carboxylic acids is 1. The Morgan fingerprint density at radius 3 is 2.85 bits per heavy atom. The molecule has 110 valence electrons. The molecule has 1 aromatic rings. The van der Waals surface area contributed by atoms with E-state index >= 15 is 0 Å². The van der Waals surface area contributed by atoms with E-state index in [-0.39, 0.29) is 12.1 Å². The van der Waals surface area contributed by atoms with Gasteiger partial charge >= 0.3 is 6.09 Å². The predicted molar refractivity (Wildman–Crippen MR) is 74.5 cm³/mol. The quantitative estimate of drug-likeness (QED) is 0.886. The van der Waals surface area contributed by atoms with Crippen LogP contribution in [0.4, 0.5) is 4.79 Å². The van der Waals surface area contributed by atoms with E-state index in [9.17, 15) is 9.90 Å². The Morgan fingerprint density at radius 1 is 1.40 bits per heavy atom. The lowest BCUT2D eigenvalue weighted by molar-refractivity contribution is 0.0738. The maximum absolute atomic E-state index is 12.0. The zero-order valence-corrected chi connectivity index (χ0v) is 11.7. The van der Waals surface area contributed by atoms with Crippen molar-refractivity contribution in [2.45, 2.75) is 25.0 Å². The molecule has 1 amide bonds. The highest BCUT2D eigenvalue weighted by atomic mass is 16.6. The number of likely N-dealkylation sites (tertiary alicyclic amines) is 1. The van der Waals surface area contributed by atoms with Gasteiger partial charge in [0, 0.05) is 13.5 Å². The van der Waals surface area contributed by atoms with Crippen LogP contribution < -0.4 is 0 Å². The van der Waals surface area contributed by atoms with Crippen LogP contribution in [0.1, 0.15) is 12.0 Å². The molecule has 5 nitrogen and oxygen atoms in total. The number of carbonyl (C=O) groups is 1. The Bertz CT molecular complexity index is 423. The molecule has 1 aromatic carbocycles. The van der Waals surface area contributed by atoms with Crippen LogP contribution in [0.2, 0.25) is 0 Å². The fraction of sp³-hybridized carbons (Fsp3) is 0.533. The summed E-state index contributed by atoms with van der Waals surface area (Å²) >= 11 is 0. The first kappa shape index (κ1) is 14.8. The summed E-state index contributed by atoms with van der Waals surface area (Å²) in [5, 5.41) is 9.64. The molecule has 0 spiro atoms. The van der Waals surface area contributed by atoms with Gasteiger partial charge < -0.3 is 19.5 Å². The lowest BCUT2D eigenvalue weighted by Gasteiger charge is -2.23. The SMILES string of the molecule is COCC1CC(O)CN1C(=O)OCCc1ccccc1. The summed E-state index contributed by atoms with van der Waals surface area (Å²) in [6.45, 7) is 1.08. The number of β-amino-alcohol motifs (C(OH)–C–C–N with tert-alkyl or cyclic N) is 1. The molecule has 0 bridgehead atoms. The molecule has 1 heterocycles. The van der Waals surface area contributed by atoms with E-state index in [1.807, 2.05) is 30.3 Å². The number of hydrogen-bond donors (Lipinski definition) is 1. The van der Waals surface area contributed by atoms with Gasteiger partial charge in [-0.15, -0.1) is 0 Å². The maximum Gasteiger partial charge on any atom is 0.410 e. The van der Waals surface area contributed by atoms with Crippen LogP contribution in [0, 0.1) is 0 Å².